The molecular formula is C19H21N3O3. The van der Waals surface area contributed by atoms with Crippen LogP contribution in [0.15, 0.2) is 42.6 Å². The monoisotopic (exact) mass is 339 g/mol. The van der Waals surface area contributed by atoms with E-state index >= 15 is 0 Å². The summed E-state index contributed by atoms with van der Waals surface area (Å²) in [6.45, 7) is 2.97. The molecule has 2 amide bonds. The van der Waals surface area contributed by atoms with Crippen molar-refractivity contribution >= 4 is 17.5 Å². The van der Waals surface area contributed by atoms with E-state index in [4.69, 9.17) is 4.74 Å². The van der Waals surface area contributed by atoms with Gasteiger partial charge in [-0.2, -0.15) is 0 Å². The first-order chi connectivity index (χ1) is 12.1. The van der Waals surface area contributed by atoms with Gasteiger partial charge in [0.2, 0.25) is 17.7 Å². The number of carbonyl (C=O) groups excluding carboxylic acids is 2. The average molecular weight is 339 g/mol. The Morgan fingerprint density at radius 2 is 2.08 bits per heavy atom. The molecular weight excluding hydrogens is 318 g/mol. The molecule has 1 fully saturated rings. The second kappa shape index (κ2) is 7.34. The van der Waals surface area contributed by atoms with E-state index in [0.29, 0.717) is 24.7 Å². The van der Waals surface area contributed by atoms with E-state index in [2.05, 4.69) is 10.3 Å². The molecule has 0 radical (unpaired) electrons. The molecule has 1 N–H and O–H groups in total. The number of aryl methyl sites for hydroxylation is 1. The topological polar surface area (TPSA) is 71.5 Å². The lowest BCUT2D eigenvalue weighted by Gasteiger charge is -2.17. The van der Waals surface area contributed by atoms with Gasteiger partial charge in [0.15, 0.2) is 0 Å². The predicted octanol–water partition coefficient (Wildman–Crippen LogP) is 2.39. The van der Waals surface area contributed by atoms with Crippen LogP contribution in [0.25, 0.3) is 0 Å². The number of likely N-dealkylation sites (tertiary alicyclic amines) is 1. The van der Waals surface area contributed by atoms with Gasteiger partial charge in [0, 0.05) is 25.7 Å². The summed E-state index contributed by atoms with van der Waals surface area (Å²) in [6, 6.07) is 11.5. The summed E-state index contributed by atoms with van der Waals surface area (Å²) >= 11 is 0. The quantitative estimate of drug-likeness (QED) is 0.908. The van der Waals surface area contributed by atoms with Crippen LogP contribution in [0, 0.1) is 12.8 Å². The lowest BCUT2D eigenvalue weighted by molar-refractivity contribution is -0.128. The molecule has 0 bridgehead atoms. The van der Waals surface area contributed by atoms with Crippen molar-refractivity contribution in [1.29, 1.82) is 0 Å². The van der Waals surface area contributed by atoms with Crippen molar-refractivity contribution in [2.24, 2.45) is 5.92 Å². The number of benzene rings is 1. The first kappa shape index (κ1) is 17.0. The zero-order valence-corrected chi connectivity index (χ0v) is 14.4. The molecule has 0 spiro atoms. The largest absolute Gasteiger partial charge is 0.480 e. The van der Waals surface area contributed by atoms with Gasteiger partial charge in [0.1, 0.15) is 5.69 Å². The molecule has 1 aliphatic rings. The molecule has 1 aromatic heterocycles. The number of amides is 2. The Balaban J connectivity index is 1.63. The van der Waals surface area contributed by atoms with E-state index in [1.165, 1.54) is 12.7 Å². The maximum Gasteiger partial charge on any atom is 0.237 e. The number of carbonyl (C=O) groups is 2. The maximum absolute atomic E-state index is 12.5. The van der Waals surface area contributed by atoms with Crippen LogP contribution in [0.1, 0.15) is 17.5 Å². The number of hydrogen-bond donors (Lipinski definition) is 1. The molecule has 25 heavy (non-hydrogen) atoms. The third-order valence-electron chi connectivity index (χ3n) is 4.30. The van der Waals surface area contributed by atoms with E-state index in [-0.39, 0.29) is 24.2 Å². The standard InChI is InChI=1S/C19H21N3O3/c1-13-5-7-14(8-6-13)11-22-12-15(10-17(22)23)18(24)21-16-4-3-9-20-19(16)25-2/h3-9,15H,10-12H2,1-2H3,(H,21,24)/t15-/m1/s1. The fourth-order valence-corrected chi connectivity index (χ4v) is 2.90. The Hall–Kier alpha value is -2.89. The highest BCUT2D eigenvalue weighted by molar-refractivity contribution is 5.97. The Kier molecular flexibility index (Phi) is 4.97. The minimum Gasteiger partial charge on any atom is -0.480 e. The van der Waals surface area contributed by atoms with E-state index in [9.17, 15) is 9.59 Å². The fourth-order valence-electron chi connectivity index (χ4n) is 2.90. The molecule has 2 heterocycles. The molecule has 6 heteroatoms. The number of rotatable bonds is 5. The zero-order valence-electron chi connectivity index (χ0n) is 14.4. The molecule has 130 valence electrons. The molecule has 6 nitrogen and oxygen atoms in total. The van der Waals surface area contributed by atoms with Gasteiger partial charge in [-0.15, -0.1) is 0 Å². The van der Waals surface area contributed by atoms with Crippen molar-refractivity contribution in [3.8, 4) is 5.88 Å². The van der Waals surface area contributed by atoms with Crippen molar-refractivity contribution in [1.82, 2.24) is 9.88 Å². The van der Waals surface area contributed by atoms with Gasteiger partial charge < -0.3 is 15.0 Å². The van der Waals surface area contributed by atoms with Gasteiger partial charge in [-0.05, 0) is 24.6 Å². The van der Waals surface area contributed by atoms with Gasteiger partial charge in [0.05, 0.1) is 13.0 Å². The second-order valence-corrected chi connectivity index (χ2v) is 6.21. The Morgan fingerprint density at radius 3 is 2.80 bits per heavy atom. The average Bonchev–Trinajstić information content (AvgIpc) is 2.98. The lowest BCUT2D eigenvalue weighted by atomic mass is 10.1. The third kappa shape index (κ3) is 3.96. The van der Waals surface area contributed by atoms with Gasteiger partial charge >= 0.3 is 0 Å². The maximum atomic E-state index is 12.5. The highest BCUT2D eigenvalue weighted by Crippen LogP contribution is 2.25. The SMILES string of the molecule is COc1ncccc1NC(=O)[C@@H]1CC(=O)N(Cc2ccc(C)cc2)C1. The third-order valence-corrected chi connectivity index (χ3v) is 4.30. The first-order valence-electron chi connectivity index (χ1n) is 8.20. The summed E-state index contributed by atoms with van der Waals surface area (Å²) in [5.74, 6) is -0.204. The lowest BCUT2D eigenvalue weighted by Crippen LogP contribution is -2.28. The number of methoxy groups -OCH3 is 1. The van der Waals surface area contributed by atoms with Crippen LogP contribution in [0.3, 0.4) is 0 Å². The molecule has 1 aromatic carbocycles. The van der Waals surface area contributed by atoms with Crippen LogP contribution in [-0.2, 0) is 16.1 Å². The summed E-state index contributed by atoms with van der Waals surface area (Å²) in [6.07, 6.45) is 1.82. The summed E-state index contributed by atoms with van der Waals surface area (Å²) in [5.41, 5.74) is 2.76. The van der Waals surface area contributed by atoms with Crippen LogP contribution < -0.4 is 10.1 Å². The molecule has 2 aromatic rings. The van der Waals surface area contributed by atoms with E-state index in [1.807, 2.05) is 31.2 Å². The van der Waals surface area contributed by atoms with Crippen LogP contribution in [0.5, 0.6) is 5.88 Å². The van der Waals surface area contributed by atoms with Gasteiger partial charge in [-0.3, -0.25) is 9.59 Å². The molecule has 0 unspecified atom stereocenters. The van der Waals surface area contributed by atoms with Crippen LogP contribution in [-0.4, -0.2) is 35.4 Å². The number of nitrogens with one attached hydrogen (secondary N) is 1. The smallest absolute Gasteiger partial charge is 0.237 e. The zero-order chi connectivity index (χ0) is 17.8. The van der Waals surface area contributed by atoms with Crippen molar-refractivity contribution < 1.29 is 14.3 Å². The number of nitrogens with zero attached hydrogens (tertiary/aromatic N) is 2. The molecule has 0 aliphatic carbocycles. The summed E-state index contributed by atoms with van der Waals surface area (Å²) in [5, 5.41) is 2.81. The summed E-state index contributed by atoms with van der Waals surface area (Å²) in [4.78, 5) is 30.5. The molecule has 1 aliphatic heterocycles. The number of aromatic nitrogens is 1. The highest BCUT2D eigenvalue weighted by Gasteiger charge is 2.34. The fraction of sp³-hybridized carbons (Fsp3) is 0.316. The predicted molar refractivity (Wildman–Crippen MR) is 94.1 cm³/mol. The molecule has 0 saturated carbocycles. The second-order valence-electron chi connectivity index (χ2n) is 6.21. The van der Waals surface area contributed by atoms with Crippen molar-refractivity contribution in [3.63, 3.8) is 0 Å². The normalized spacial score (nSPS) is 16.8. The molecule has 1 saturated heterocycles. The van der Waals surface area contributed by atoms with Crippen molar-refractivity contribution in [2.75, 3.05) is 19.0 Å². The Morgan fingerprint density at radius 1 is 1.32 bits per heavy atom. The number of pyridine rings is 1. The van der Waals surface area contributed by atoms with Gasteiger partial charge in [-0.25, -0.2) is 4.98 Å². The molecule has 1 atom stereocenters. The number of ether oxygens (including phenoxy) is 1. The van der Waals surface area contributed by atoms with E-state index < -0.39 is 0 Å². The highest BCUT2D eigenvalue weighted by atomic mass is 16.5. The van der Waals surface area contributed by atoms with E-state index in [0.717, 1.165) is 5.56 Å². The Bertz CT molecular complexity index is 774. The van der Waals surface area contributed by atoms with Crippen LogP contribution >= 0.6 is 0 Å². The minimum absolute atomic E-state index is 0.00104. The Labute approximate surface area is 146 Å². The van der Waals surface area contributed by atoms with Gasteiger partial charge in [0.25, 0.3) is 0 Å². The van der Waals surface area contributed by atoms with E-state index in [1.54, 1.807) is 23.2 Å². The van der Waals surface area contributed by atoms with Gasteiger partial charge in [-0.1, -0.05) is 29.8 Å². The summed E-state index contributed by atoms with van der Waals surface area (Å²) < 4.78 is 5.14. The number of hydrogen-bond acceptors (Lipinski definition) is 4. The summed E-state index contributed by atoms with van der Waals surface area (Å²) in [7, 11) is 1.50. The first-order valence-corrected chi connectivity index (χ1v) is 8.20. The van der Waals surface area contributed by atoms with Crippen molar-refractivity contribution in [2.45, 2.75) is 19.9 Å². The van der Waals surface area contributed by atoms with Crippen molar-refractivity contribution in [3.05, 3.63) is 53.7 Å². The van der Waals surface area contributed by atoms with Crippen LogP contribution in [0.4, 0.5) is 5.69 Å². The number of anilines is 1. The van der Waals surface area contributed by atoms with Crippen LogP contribution in [0.2, 0.25) is 0 Å². The minimum atomic E-state index is -0.372. The molecule has 3 rings (SSSR count).